The molecule has 3 N–H and O–H groups in total. The van der Waals surface area contributed by atoms with E-state index in [4.69, 9.17) is 4.74 Å². The number of rotatable bonds is 8. The zero-order valence-corrected chi connectivity index (χ0v) is 17.0. The van der Waals surface area contributed by atoms with Crippen molar-refractivity contribution in [1.82, 2.24) is 15.6 Å². The average molecular weight is 416 g/mol. The van der Waals surface area contributed by atoms with Gasteiger partial charge in [-0.25, -0.2) is 4.79 Å². The number of aromatic nitrogens is 1. The molecule has 4 rings (SSSR count). The number of nitrogens with one attached hydrogen (secondary N) is 3. The van der Waals surface area contributed by atoms with E-state index in [1.165, 1.54) is 0 Å². The van der Waals surface area contributed by atoms with E-state index in [1.807, 2.05) is 36.4 Å². The number of ether oxygens (including phenoxy) is 1. The van der Waals surface area contributed by atoms with Gasteiger partial charge in [0.2, 0.25) is 0 Å². The Bertz CT molecular complexity index is 1020. The van der Waals surface area contributed by atoms with Crippen molar-refractivity contribution in [1.29, 1.82) is 0 Å². The van der Waals surface area contributed by atoms with Crippen LogP contribution in [0.25, 0.3) is 0 Å². The Balaban J connectivity index is 1.22. The highest BCUT2D eigenvalue weighted by Crippen LogP contribution is 2.19. The Kier molecular flexibility index (Phi) is 6.42. The van der Waals surface area contributed by atoms with Crippen LogP contribution in [0.1, 0.15) is 34.3 Å². The van der Waals surface area contributed by atoms with Crippen molar-refractivity contribution in [3.63, 3.8) is 0 Å². The van der Waals surface area contributed by atoms with Crippen molar-refractivity contribution in [2.75, 3.05) is 5.32 Å². The summed E-state index contributed by atoms with van der Waals surface area (Å²) in [5.41, 5.74) is 3.15. The van der Waals surface area contributed by atoms with E-state index in [0.717, 1.165) is 29.7 Å². The molecule has 7 nitrogen and oxygen atoms in total. The van der Waals surface area contributed by atoms with Crippen LogP contribution in [0.2, 0.25) is 0 Å². The highest BCUT2D eigenvalue weighted by molar-refractivity contribution is 5.95. The first-order valence-electron chi connectivity index (χ1n) is 10.2. The van der Waals surface area contributed by atoms with Crippen LogP contribution in [0.5, 0.6) is 5.75 Å². The molecule has 1 heterocycles. The molecule has 0 atom stereocenters. The van der Waals surface area contributed by atoms with Crippen molar-refractivity contribution >= 4 is 17.6 Å². The quantitative estimate of drug-likeness (QED) is 0.520. The maximum absolute atomic E-state index is 12.4. The van der Waals surface area contributed by atoms with Gasteiger partial charge in [0.05, 0.1) is 0 Å². The number of benzene rings is 2. The van der Waals surface area contributed by atoms with Crippen molar-refractivity contribution in [2.45, 2.75) is 32.0 Å². The van der Waals surface area contributed by atoms with Gasteiger partial charge in [0.1, 0.15) is 12.4 Å². The summed E-state index contributed by atoms with van der Waals surface area (Å²) in [7, 11) is 0. The minimum atomic E-state index is -0.215. The molecule has 31 heavy (non-hydrogen) atoms. The number of nitrogens with zero attached hydrogens (tertiary/aromatic N) is 1. The minimum absolute atomic E-state index is 0.175. The summed E-state index contributed by atoms with van der Waals surface area (Å²) in [6.45, 7) is 0.864. The molecule has 7 heteroatoms. The van der Waals surface area contributed by atoms with Crippen LogP contribution in [-0.2, 0) is 13.2 Å². The number of urea groups is 1. The number of hydrogen-bond donors (Lipinski definition) is 3. The normalized spacial score (nSPS) is 12.6. The number of pyridine rings is 1. The largest absolute Gasteiger partial charge is 0.489 e. The molecule has 3 aromatic rings. The molecule has 158 valence electrons. The van der Waals surface area contributed by atoms with Crippen LogP contribution in [0, 0.1) is 0 Å². The smallest absolute Gasteiger partial charge is 0.319 e. The zero-order valence-electron chi connectivity index (χ0n) is 17.0. The second-order valence-corrected chi connectivity index (χ2v) is 7.43. The fourth-order valence-corrected chi connectivity index (χ4v) is 2.92. The van der Waals surface area contributed by atoms with Crippen molar-refractivity contribution in [3.05, 3.63) is 89.7 Å². The van der Waals surface area contributed by atoms with Gasteiger partial charge in [0, 0.05) is 41.8 Å². The first-order valence-corrected chi connectivity index (χ1v) is 10.2. The Labute approximate surface area is 180 Å². The van der Waals surface area contributed by atoms with Crippen LogP contribution in [0.3, 0.4) is 0 Å². The third-order valence-electron chi connectivity index (χ3n) is 4.82. The van der Waals surface area contributed by atoms with E-state index in [1.54, 1.807) is 36.7 Å². The molecule has 0 unspecified atom stereocenters. The van der Waals surface area contributed by atoms with Crippen LogP contribution in [0.15, 0.2) is 73.1 Å². The lowest BCUT2D eigenvalue weighted by Crippen LogP contribution is -2.30. The fourth-order valence-electron chi connectivity index (χ4n) is 2.92. The number of hydrogen-bond acceptors (Lipinski definition) is 4. The third-order valence-corrected chi connectivity index (χ3v) is 4.82. The summed E-state index contributed by atoms with van der Waals surface area (Å²) in [6, 6.07) is 18.3. The van der Waals surface area contributed by atoms with E-state index >= 15 is 0 Å². The molecule has 0 aliphatic heterocycles. The summed E-state index contributed by atoms with van der Waals surface area (Å²) >= 11 is 0. The summed E-state index contributed by atoms with van der Waals surface area (Å²) in [5, 5.41) is 8.52. The molecule has 1 fully saturated rings. The molecule has 1 aromatic heterocycles. The number of anilines is 1. The van der Waals surface area contributed by atoms with Crippen molar-refractivity contribution in [2.24, 2.45) is 0 Å². The predicted octanol–water partition coefficient (Wildman–Crippen LogP) is 3.87. The van der Waals surface area contributed by atoms with Crippen LogP contribution in [0.4, 0.5) is 10.5 Å². The average Bonchev–Trinajstić information content (AvgIpc) is 3.62. The van der Waals surface area contributed by atoms with Gasteiger partial charge >= 0.3 is 6.03 Å². The van der Waals surface area contributed by atoms with Crippen LogP contribution < -0.4 is 20.7 Å². The Morgan fingerprint density at radius 2 is 1.74 bits per heavy atom. The molecular formula is C24H24N4O3. The van der Waals surface area contributed by atoms with Gasteiger partial charge in [-0.15, -0.1) is 0 Å². The van der Waals surface area contributed by atoms with Crippen molar-refractivity contribution in [3.8, 4) is 5.75 Å². The molecule has 1 saturated carbocycles. The van der Waals surface area contributed by atoms with Gasteiger partial charge in [-0.2, -0.15) is 0 Å². The lowest BCUT2D eigenvalue weighted by molar-refractivity contribution is 0.0951. The lowest BCUT2D eigenvalue weighted by Gasteiger charge is -2.09. The van der Waals surface area contributed by atoms with E-state index in [2.05, 4.69) is 20.9 Å². The predicted molar refractivity (Wildman–Crippen MR) is 118 cm³/mol. The number of carbonyl (C=O) groups excluding carboxylic acids is 2. The second-order valence-electron chi connectivity index (χ2n) is 7.43. The van der Waals surface area contributed by atoms with Gasteiger partial charge in [0.25, 0.3) is 5.91 Å². The Morgan fingerprint density at radius 3 is 2.42 bits per heavy atom. The molecule has 0 radical (unpaired) electrons. The molecule has 0 spiro atoms. The molecular weight excluding hydrogens is 392 g/mol. The maximum Gasteiger partial charge on any atom is 0.319 e. The number of carbonyl (C=O) groups is 2. The fraction of sp³-hybridized carbons (Fsp3) is 0.208. The van der Waals surface area contributed by atoms with Crippen LogP contribution >= 0.6 is 0 Å². The second kappa shape index (κ2) is 9.75. The van der Waals surface area contributed by atoms with Crippen LogP contribution in [-0.4, -0.2) is 23.0 Å². The van der Waals surface area contributed by atoms with Gasteiger partial charge < -0.3 is 20.7 Å². The molecule has 2 aromatic carbocycles. The van der Waals surface area contributed by atoms with Gasteiger partial charge in [0.15, 0.2) is 0 Å². The summed E-state index contributed by atoms with van der Waals surface area (Å²) in [6.07, 6.45) is 5.57. The Hall–Kier alpha value is -3.87. The van der Waals surface area contributed by atoms with E-state index < -0.39 is 0 Å². The standard InChI is InChI=1S/C24H24N4O3/c29-23(19-5-7-20(8-6-19)27-24(30)28-21-9-10-21)26-15-17-3-11-22(12-4-17)31-16-18-2-1-13-25-14-18/h1-8,11-14,21H,9-10,15-16H2,(H,26,29)(H2,27,28,30). The summed E-state index contributed by atoms with van der Waals surface area (Å²) < 4.78 is 5.74. The van der Waals surface area contributed by atoms with E-state index in [-0.39, 0.29) is 11.9 Å². The highest BCUT2D eigenvalue weighted by atomic mass is 16.5. The van der Waals surface area contributed by atoms with Gasteiger partial charge in [-0.1, -0.05) is 18.2 Å². The topological polar surface area (TPSA) is 92.4 Å². The molecule has 0 bridgehead atoms. The first kappa shape index (κ1) is 20.4. The monoisotopic (exact) mass is 416 g/mol. The highest BCUT2D eigenvalue weighted by Gasteiger charge is 2.23. The molecule has 3 amide bonds. The minimum Gasteiger partial charge on any atom is -0.489 e. The van der Waals surface area contributed by atoms with Gasteiger partial charge in [-0.05, 0) is 60.9 Å². The lowest BCUT2D eigenvalue weighted by atomic mass is 10.1. The summed E-state index contributed by atoms with van der Waals surface area (Å²) in [5.74, 6) is 0.582. The molecule has 1 aliphatic rings. The Morgan fingerprint density at radius 1 is 0.968 bits per heavy atom. The molecule has 0 saturated heterocycles. The van der Waals surface area contributed by atoms with E-state index in [9.17, 15) is 9.59 Å². The van der Waals surface area contributed by atoms with Crippen molar-refractivity contribution < 1.29 is 14.3 Å². The summed E-state index contributed by atoms with van der Waals surface area (Å²) in [4.78, 5) is 28.2. The SMILES string of the molecule is O=C(Nc1ccc(C(=O)NCc2ccc(OCc3cccnc3)cc2)cc1)NC1CC1. The third kappa shape index (κ3) is 6.30. The zero-order chi connectivity index (χ0) is 21.5. The van der Waals surface area contributed by atoms with Gasteiger partial charge in [-0.3, -0.25) is 9.78 Å². The first-order chi connectivity index (χ1) is 15.2. The number of amides is 3. The van der Waals surface area contributed by atoms with E-state index in [0.29, 0.717) is 30.4 Å². The molecule has 1 aliphatic carbocycles. The maximum atomic E-state index is 12.4.